The number of nitrogens with two attached hydrogens (primary N) is 1. The van der Waals surface area contributed by atoms with Gasteiger partial charge in [-0.2, -0.15) is 5.10 Å². The first-order valence-corrected chi connectivity index (χ1v) is 6.99. The van der Waals surface area contributed by atoms with Crippen LogP contribution in [-0.4, -0.2) is 21.1 Å². The topological polar surface area (TPSA) is 96.7 Å². The van der Waals surface area contributed by atoms with Crippen molar-refractivity contribution in [3.05, 3.63) is 30.1 Å². The van der Waals surface area contributed by atoms with Crippen molar-refractivity contribution in [3.63, 3.8) is 0 Å². The summed E-state index contributed by atoms with van der Waals surface area (Å²) in [4.78, 5) is 16.4. The van der Waals surface area contributed by atoms with E-state index in [1.807, 2.05) is 45.0 Å². The fourth-order valence-corrected chi connectivity index (χ4v) is 1.68. The van der Waals surface area contributed by atoms with Crippen LogP contribution < -0.4 is 11.1 Å². The van der Waals surface area contributed by atoms with Gasteiger partial charge in [0.25, 0.3) is 0 Å². The number of aromatic nitrogens is 3. The van der Waals surface area contributed by atoms with Crippen LogP contribution in [0.4, 0.5) is 5.69 Å². The molecule has 2 rings (SSSR count). The highest BCUT2D eigenvalue weighted by Gasteiger charge is 2.25. The predicted molar refractivity (Wildman–Crippen MR) is 82.4 cm³/mol. The number of benzene rings is 1. The first kappa shape index (κ1) is 15.2. The lowest BCUT2D eigenvalue weighted by Crippen LogP contribution is -2.29. The first-order chi connectivity index (χ1) is 9.96. The average molecular weight is 287 g/mol. The molecule has 1 heterocycles. The molecule has 0 aliphatic heterocycles. The monoisotopic (exact) mass is 287 g/mol. The maximum atomic E-state index is 12.1. The summed E-state index contributed by atoms with van der Waals surface area (Å²) in [6.07, 6.45) is 0.788. The summed E-state index contributed by atoms with van der Waals surface area (Å²) in [6.45, 7) is 6.19. The zero-order valence-corrected chi connectivity index (χ0v) is 12.6. The fourth-order valence-electron chi connectivity index (χ4n) is 1.68. The van der Waals surface area contributed by atoms with Gasteiger partial charge in [0, 0.05) is 16.7 Å². The van der Waals surface area contributed by atoms with Gasteiger partial charge in [0.1, 0.15) is 5.82 Å². The molecule has 4 N–H and O–H groups in total. The van der Waals surface area contributed by atoms with E-state index in [4.69, 9.17) is 5.73 Å². The van der Waals surface area contributed by atoms with Crippen LogP contribution in [0.25, 0.3) is 11.4 Å². The number of hydrogen-bond acceptors (Lipinski definition) is 4. The van der Waals surface area contributed by atoms with Crippen molar-refractivity contribution in [2.24, 2.45) is 11.1 Å². The van der Waals surface area contributed by atoms with Crippen molar-refractivity contribution in [1.82, 2.24) is 15.2 Å². The number of anilines is 1. The lowest BCUT2D eigenvalue weighted by Gasteiger charge is -2.21. The Labute approximate surface area is 124 Å². The third kappa shape index (κ3) is 3.46. The minimum atomic E-state index is -0.377. The molecule has 1 aromatic heterocycles. The number of rotatable bonds is 5. The van der Waals surface area contributed by atoms with E-state index in [2.05, 4.69) is 20.5 Å². The van der Waals surface area contributed by atoms with Crippen molar-refractivity contribution in [2.45, 2.75) is 33.7 Å². The Balaban J connectivity index is 2.10. The van der Waals surface area contributed by atoms with Gasteiger partial charge in [-0.25, -0.2) is 4.98 Å². The molecule has 1 aromatic carbocycles. The van der Waals surface area contributed by atoms with E-state index in [0.29, 0.717) is 18.2 Å². The number of H-pyrrole nitrogens is 1. The van der Waals surface area contributed by atoms with E-state index in [0.717, 1.165) is 17.7 Å². The number of hydrogen-bond donors (Lipinski definition) is 3. The highest BCUT2D eigenvalue weighted by Crippen LogP contribution is 2.23. The minimum absolute atomic E-state index is 0.0149. The van der Waals surface area contributed by atoms with Crippen molar-refractivity contribution in [2.75, 3.05) is 5.32 Å². The second-order valence-electron chi connectivity index (χ2n) is 5.58. The van der Waals surface area contributed by atoms with Crippen molar-refractivity contribution < 1.29 is 4.79 Å². The highest BCUT2D eigenvalue weighted by atomic mass is 16.2. The van der Waals surface area contributed by atoms with Gasteiger partial charge in [-0.15, -0.1) is 0 Å². The summed E-state index contributed by atoms with van der Waals surface area (Å²) in [5.41, 5.74) is 6.75. The Morgan fingerprint density at radius 1 is 1.33 bits per heavy atom. The smallest absolute Gasteiger partial charge is 0.230 e. The summed E-state index contributed by atoms with van der Waals surface area (Å²) >= 11 is 0. The van der Waals surface area contributed by atoms with E-state index in [9.17, 15) is 4.79 Å². The molecule has 0 atom stereocenters. The van der Waals surface area contributed by atoms with E-state index in [1.54, 1.807) is 0 Å². The molecule has 0 aliphatic carbocycles. The Hall–Kier alpha value is -2.21. The van der Waals surface area contributed by atoms with Crippen LogP contribution in [0.1, 0.15) is 33.0 Å². The highest BCUT2D eigenvalue weighted by molar-refractivity contribution is 5.94. The molecule has 21 heavy (non-hydrogen) atoms. The molecule has 0 bridgehead atoms. The van der Waals surface area contributed by atoms with Gasteiger partial charge in [-0.05, 0) is 30.7 Å². The Morgan fingerprint density at radius 2 is 2.00 bits per heavy atom. The van der Waals surface area contributed by atoms with Gasteiger partial charge in [0.05, 0.1) is 6.54 Å². The SMILES string of the molecule is CCC(C)(C)C(=O)Nc1ccc(-c2n[nH]c(CN)n2)cc1. The number of carbonyl (C=O) groups is 1. The van der Waals surface area contributed by atoms with Crippen LogP contribution in [0.5, 0.6) is 0 Å². The van der Waals surface area contributed by atoms with Gasteiger partial charge in [-0.1, -0.05) is 20.8 Å². The molecule has 0 fully saturated rings. The first-order valence-electron chi connectivity index (χ1n) is 6.99. The normalized spacial score (nSPS) is 11.4. The molecule has 0 radical (unpaired) electrons. The lowest BCUT2D eigenvalue weighted by molar-refractivity contribution is -0.124. The van der Waals surface area contributed by atoms with Crippen LogP contribution in [-0.2, 0) is 11.3 Å². The van der Waals surface area contributed by atoms with Crippen LogP contribution in [0.2, 0.25) is 0 Å². The lowest BCUT2D eigenvalue weighted by atomic mass is 9.89. The molecule has 0 saturated heterocycles. The molecule has 6 heteroatoms. The Kier molecular flexibility index (Phi) is 4.37. The summed E-state index contributed by atoms with van der Waals surface area (Å²) in [7, 11) is 0. The third-order valence-electron chi connectivity index (χ3n) is 3.62. The van der Waals surface area contributed by atoms with Gasteiger partial charge < -0.3 is 11.1 Å². The summed E-state index contributed by atoms with van der Waals surface area (Å²) in [6, 6.07) is 7.44. The molecule has 112 valence electrons. The molecule has 0 unspecified atom stereocenters. The zero-order chi connectivity index (χ0) is 15.5. The van der Waals surface area contributed by atoms with Crippen molar-refractivity contribution in [3.8, 4) is 11.4 Å². The number of aromatic amines is 1. The van der Waals surface area contributed by atoms with E-state index in [1.165, 1.54) is 0 Å². The minimum Gasteiger partial charge on any atom is -0.326 e. The standard InChI is InChI=1S/C15H21N5O/c1-4-15(2,3)14(21)17-11-7-5-10(6-8-11)13-18-12(9-16)19-20-13/h5-8H,4,9,16H2,1-3H3,(H,17,21)(H,18,19,20). The molecular formula is C15H21N5O. The number of nitrogens with one attached hydrogen (secondary N) is 2. The van der Waals surface area contributed by atoms with Gasteiger partial charge in [-0.3, -0.25) is 9.89 Å². The zero-order valence-electron chi connectivity index (χ0n) is 12.6. The van der Waals surface area contributed by atoms with Crippen LogP contribution in [0.15, 0.2) is 24.3 Å². The Bertz CT molecular complexity index is 615. The second kappa shape index (κ2) is 6.05. The molecule has 0 spiro atoms. The Morgan fingerprint density at radius 3 is 2.52 bits per heavy atom. The quantitative estimate of drug-likeness (QED) is 0.786. The summed E-state index contributed by atoms with van der Waals surface area (Å²) in [5, 5.41) is 9.79. The van der Waals surface area contributed by atoms with E-state index < -0.39 is 0 Å². The third-order valence-corrected chi connectivity index (χ3v) is 3.62. The maximum absolute atomic E-state index is 12.1. The predicted octanol–water partition coefficient (Wildman–Crippen LogP) is 2.31. The number of carbonyl (C=O) groups excluding carboxylic acids is 1. The van der Waals surface area contributed by atoms with E-state index in [-0.39, 0.29) is 11.3 Å². The molecular weight excluding hydrogens is 266 g/mol. The van der Waals surface area contributed by atoms with Crippen molar-refractivity contribution in [1.29, 1.82) is 0 Å². The summed E-state index contributed by atoms with van der Waals surface area (Å²) in [5.74, 6) is 1.26. The molecule has 0 saturated carbocycles. The maximum Gasteiger partial charge on any atom is 0.230 e. The fraction of sp³-hybridized carbons (Fsp3) is 0.400. The number of amides is 1. The van der Waals surface area contributed by atoms with Crippen LogP contribution in [0, 0.1) is 5.41 Å². The van der Waals surface area contributed by atoms with Crippen LogP contribution >= 0.6 is 0 Å². The van der Waals surface area contributed by atoms with Crippen LogP contribution in [0.3, 0.4) is 0 Å². The molecule has 2 aromatic rings. The summed E-state index contributed by atoms with van der Waals surface area (Å²) < 4.78 is 0. The number of nitrogens with zero attached hydrogens (tertiary/aromatic N) is 2. The van der Waals surface area contributed by atoms with Gasteiger partial charge in [0.15, 0.2) is 5.82 Å². The molecule has 0 aliphatic rings. The van der Waals surface area contributed by atoms with E-state index >= 15 is 0 Å². The average Bonchev–Trinajstić information content (AvgIpc) is 2.97. The van der Waals surface area contributed by atoms with Crippen molar-refractivity contribution >= 4 is 11.6 Å². The molecule has 1 amide bonds. The van der Waals surface area contributed by atoms with Gasteiger partial charge in [0.2, 0.25) is 5.91 Å². The van der Waals surface area contributed by atoms with Gasteiger partial charge >= 0.3 is 0 Å². The molecule has 6 nitrogen and oxygen atoms in total. The second-order valence-corrected chi connectivity index (χ2v) is 5.58. The largest absolute Gasteiger partial charge is 0.326 e.